The molecule has 5 nitrogen and oxygen atoms in total. The zero-order chi connectivity index (χ0) is 15.9. The van der Waals surface area contributed by atoms with Gasteiger partial charge in [-0.2, -0.15) is 0 Å². The molecular weight excluding hydrogens is 305 g/mol. The molecular formula is C15H18FN3O2S. The predicted molar refractivity (Wildman–Crippen MR) is 85.5 cm³/mol. The highest BCUT2D eigenvalue weighted by molar-refractivity contribution is 7.14. The third-order valence-electron chi connectivity index (χ3n) is 2.98. The first-order valence-corrected chi connectivity index (χ1v) is 7.65. The number of benzene rings is 1. The van der Waals surface area contributed by atoms with Gasteiger partial charge in [0.1, 0.15) is 5.82 Å². The van der Waals surface area contributed by atoms with Gasteiger partial charge in [-0.05, 0) is 31.3 Å². The van der Waals surface area contributed by atoms with Gasteiger partial charge in [-0.3, -0.25) is 9.69 Å². The van der Waals surface area contributed by atoms with Crippen LogP contribution in [0.25, 0.3) is 11.3 Å². The minimum Gasteiger partial charge on any atom is -0.383 e. The third-order valence-corrected chi connectivity index (χ3v) is 3.74. The highest BCUT2D eigenvalue weighted by atomic mass is 32.1. The average molecular weight is 323 g/mol. The monoisotopic (exact) mass is 323 g/mol. The molecule has 22 heavy (non-hydrogen) atoms. The Morgan fingerprint density at radius 2 is 2.14 bits per heavy atom. The predicted octanol–water partition coefficient (Wildman–Crippen LogP) is 2.47. The van der Waals surface area contributed by atoms with Crippen LogP contribution in [-0.2, 0) is 9.53 Å². The standard InChI is InChI=1S/C15H18FN3O2S/c1-19(7-8-21-2)9-14(20)18-15-17-13(10-22-15)11-3-5-12(16)6-4-11/h3-6,10H,7-9H2,1-2H3,(H,17,18,20). The zero-order valence-electron chi connectivity index (χ0n) is 12.5. The van der Waals surface area contributed by atoms with Crippen LogP contribution in [0.5, 0.6) is 0 Å². The van der Waals surface area contributed by atoms with Gasteiger partial charge in [0, 0.05) is 24.6 Å². The molecule has 2 rings (SSSR count). The van der Waals surface area contributed by atoms with Crippen LogP contribution in [-0.4, -0.2) is 49.6 Å². The maximum atomic E-state index is 12.9. The summed E-state index contributed by atoms with van der Waals surface area (Å²) in [5, 5.41) is 5.13. The van der Waals surface area contributed by atoms with Crippen LogP contribution >= 0.6 is 11.3 Å². The highest BCUT2D eigenvalue weighted by Crippen LogP contribution is 2.24. The van der Waals surface area contributed by atoms with Gasteiger partial charge < -0.3 is 10.1 Å². The van der Waals surface area contributed by atoms with E-state index >= 15 is 0 Å². The summed E-state index contributed by atoms with van der Waals surface area (Å²) in [7, 11) is 3.48. The highest BCUT2D eigenvalue weighted by Gasteiger charge is 2.10. The quantitative estimate of drug-likeness (QED) is 0.850. The van der Waals surface area contributed by atoms with Gasteiger partial charge in [0.2, 0.25) is 5.91 Å². The first-order chi connectivity index (χ1) is 10.6. The molecule has 0 saturated carbocycles. The van der Waals surface area contributed by atoms with Crippen LogP contribution in [0.3, 0.4) is 0 Å². The molecule has 0 fully saturated rings. The van der Waals surface area contributed by atoms with Crippen molar-refractivity contribution in [3.05, 3.63) is 35.5 Å². The summed E-state index contributed by atoms with van der Waals surface area (Å²) in [5.74, 6) is -0.412. The number of hydrogen-bond acceptors (Lipinski definition) is 5. The summed E-state index contributed by atoms with van der Waals surface area (Å²) in [6.45, 7) is 1.53. The molecule has 0 unspecified atom stereocenters. The van der Waals surface area contributed by atoms with E-state index in [4.69, 9.17) is 4.74 Å². The number of rotatable bonds is 7. The molecule has 0 aliphatic heterocycles. The summed E-state index contributed by atoms with van der Waals surface area (Å²) in [6.07, 6.45) is 0. The van der Waals surface area contributed by atoms with Crippen LogP contribution in [0.2, 0.25) is 0 Å². The van der Waals surface area contributed by atoms with Crippen molar-refractivity contribution >= 4 is 22.4 Å². The Balaban J connectivity index is 1.91. The molecule has 1 aromatic heterocycles. The molecule has 1 amide bonds. The summed E-state index contributed by atoms with van der Waals surface area (Å²) in [4.78, 5) is 18.1. The first-order valence-electron chi connectivity index (χ1n) is 6.77. The lowest BCUT2D eigenvalue weighted by Crippen LogP contribution is -2.32. The van der Waals surface area contributed by atoms with Gasteiger partial charge in [-0.15, -0.1) is 11.3 Å². The van der Waals surface area contributed by atoms with Crippen molar-refractivity contribution in [1.82, 2.24) is 9.88 Å². The number of methoxy groups -OCH3 is 1. The fourth-order valence-electron chi connectivity index (χ4n) is 1.81. The van der Waals surface area contributed by atoms with Crippen molar-refractivity contribution in [3.63, 3.8) is 0 Å². The van der Waals surface area contributed by atoms with E-state index in [0.29, 0.717) is 24.0 Å². The normalized spacial score (nSPS) is 10.9. The second kappa shape index (κ2) is 7.98. The van der Waals surface area contributed by atoms with Gasteiger partial charge in [0.05, 0.1) is 18.8 Å². The number of thiazole rings is 1. The Labute approximate surface area is 132 Å². The Hall–Kier alpha value is -1.83. The topological polar surface area (TPSA) is 54.5 Å². The van der Waals surface area contributed by atoms with E-state index in [1.54, 1.807) is 19.2 Å². The van der Waals surface area contributed by atoms with Gasteiger partial charge in [0.15, 0.2) is 5.13 Å². The van der Waals surface area contributed by atoms with Gasteiger partial charge in [0.25, 0.3) is 0 Å². The molecule has 0 bridgehead atoms. The Bertz CT molecular complexity index is 616. The van der Waals surface area contributed by atoms with Crippen LogP contribution < -0.4 is 5.32 Å². The summed E-state index contributed by atoms with van der Waals surface area (Å²) < 4.78 is 17.9. The van der Waals surface area contributed by atoms with Crippen molar-refractivity contribution in [2.24, 2.45) is 0 Å². The molecule has 0 radical (unpaired) electrons. The molecule has 2 aromatic rings. The lowest BCUT2D eigenvalue weighted by molar-refractivity contribution is -0.117. The minimum atomic E-state index is -0.286. The molecule has 1 aromatic carbocycles. The van der Waals surface area contributed by atoms with E-state index in [9.17, 15) is 9.18 Å². The number of aromatic nitrogens is 1. The van der Waals surface area contributed by atoms with E-state index in [2.05, 4.69) is 10.3 Å². The number of carbonyl (C=O) groups excluding carboxylic acids is 1. The van der Waals surface area contributed by atoms with Gasteiger partial charge >= 0.3 is 0 Å². The van der Waals surface area contributed by atoms with E-state index in [-0.39, 0.29) is 18.3 Å². The third kappa shape index (κ3) is 4.87. The minimum absolute atomic E-state index is 0.126. The SMILES string of the molecule is COCCN(C)CC(=O)Nc1nc(-c2ccc(F)cc2)cs1. The number of nitrogens with one attached hydrogen (secondary N) is 1. The fraction of sp³-hybridized carbons (Fsp3) is 0.333. The van der Waals surface area contributed by atoms with Gasteiger partial charge in [-0.1, -0.05) is 0 Å². The fourth-order valence-corrected chi connectivity index (χ4v) is 2.55. The molecule has 0 spiro atoms. The van der Waals surface area contributed by atoms with Crippen LogP contribution in [0.1, 0.15) is 0 Å². The first kappa shape index (κ1) is 16.5. The number of nitrogens with zero attached hydrogens (tertiary/aromatic N) is 2. The summed E-state index contributed by atoms with van der Waals surface area (Å²) in [5.41, 5.74) is 1.53. The molecule has 0 aliphatic carbocycles. The van der Waals surface area contributed by atoms with Crippen molar-refractivity contribution < 1.29 is 13.9 Å². The lowest BCUT2D eigenvalue weighted by Gasteiger charge is -2.14. The molecule has 0 saturated heterocycles. The van der Waals surface area contributed by atoms with E-state index in [1.807, 2.05) is 17.3 Å². The Morgan fingerprint density at radius 3 is 2.82 bits per heavy atom. The van der Waals surface area contributed by atoms with Crippen molar-refractivity contribution in [2.45, 2.75) is 0 Å². The van der Waals surface area contributed by atoms with Crippen LogP contribution in [0, 0.1) is 5.82 Å². The van der Waals surface area contributed by atoms with E-state index in [1.165, 1.54) is 23.5 Å². The number of hydrogen-bond donors (Lipinski definition) is 1. The number of ether oxygens (including phenoxy) is 1. The van der Waals surface area contributed by atoms with Crippen molar-refractivity contribution in [2.75, 3.05) is 39.2 Å². The van der Waals surface area contributed by atoms with E-state index in [0.717, 1.165) is 5.56 Å². The largest absolute Gasteiger partial charge is 0.383 e. The molecule has 1 heterocycles. The maximum Gasteiger partial charge on any atom is 0.240 e. The molecule has 7 heteroatoms. The summed E-state index contributed by atoms with van der Waals surface area (Å²) in [6, 6.07) is 6.10. The van der Waals surface area contributed by atoms with Crippen LogP contribution in [0.4, 0.5) is 9.52 Å². The van der Waals surface area contributed by atoms with Crippen molar-refractivity contribution in [1.29, 1.82) is 0 Å². The Morgan fingerprint density at radius 1 is 1.41 bits per heavy atom. The zero-order valence-corrected chi connectivity index (χ0v) is 13.3. The Kier molecular flexibility index (Phi) is 6.00. The number of anilines is 1. The second-order valence-electron chi connectivity index (χ2n) is 4.82. The van der Waals surface area contributed by atoms with Gasteiger partial charge in [-0.25, -0.2) is 9.37 Å². The molecule has 1 N–H and O–H groups in total. The van der Waals surface area contributed by atoms with Crippen molar-refractivity contribution in [3.8, 4) is 11.3 Å². The molecule has 0 aliphatic rings. The molecule has 0 atom stereocenters. The second-order valence-corrected chi connectivity index (χ2v) is 5.68. The lowest BCUT2D eigenvalue weighted by atomic mass is 10.2. The summed E-state index contributed by atoms with van der Waals surface area (Å²) >= 11 is 1.34. The molecule has 118 valence electrons. The number of halogens is 1. The smallest absolute Gasteiger partial charge is 0.240 e. The number of carbonyl (C=O) groups is 1. The number of likely N-dealkylation sites (N-methyl/N-ethyl adjacent to an activating group) is 1. The maximum absolute atomic E-state index is 12.9. The number of amides is 1. The van der Waals surface area contributed by atoms with Crippen LogP contribution in [0.15, 0.2) is 29.6 Å². The van der Waals surface area contributed by atoms with E-state index < -0.39 is 0 Å². The average Bonchev–Trinajstić information content (AvgIpc) is 2.94.